The Morgan fingerprint density at radius 2 is 1.88 bits per heavy atom. The first-order valence-electron chi connectivity index (χ1n) is 5.45. The highest BCUT2D eigenvalue weighted by Crippen LogP contribution is 2.54. The van der Waals surface area contributed by atoms with E-state index in [9.17, 15) is 0 Å². The van der Waals surface area contributed by atoms with Gasteiger partial charge in [-0.15, -0.1) is 12.2 Å². The highest BCUT2D eigenvalue weighted by Gasteiger charge is 2.25. The number of methoxy groups -OCH3 is 1. The topological polar surface area (TPSA) is 12.5 Å². The number of hydrogen-bond acceptors (Lipinski definition) is 3. The fraction of sp³-hybridized carbons (Fsp3) is 0.455. The lowest BCUT2D eigenvalue weighted by molar-refractivity contribution is 0.415. The van der Waals surface area contributed by atoms with Crippen molar-refractivity contribution in [1.29, 1.82) is 0 Å². The molecule has 1 unspecified atom stereocenters. The van der Waals surface area contributed by atoms with Gasteiger partial charge in [-0.3, -0.25) is 4.67 Å². The van der Waals surface area contributed by atoms with E-state index < -0.39 is 5.39 Å². The second-order valence-electron chi connectivity index (χ2n) is 3.81. The summed E-state index contributed by atoms with van der Waals surface area (Å²) in [4.78, 5) is 0. The minimum Gasteiger partial charge on any atom is -0.497 e. The van der Waals surface area contributed by atoms with Crippen molar-refractivity contribution < 1.29 is 4.74 Å². The summed E-state index contributed by atoms with van der Waals surface area (Å²) >= 11 is 12.5. The van der Waals surface area contributed by atoms with E-state index in [4.69, 9.17) is 28.8 Å². The van der Waals surface area contributed by atoms with Crippen LogP contribution in [0.15, 0.2) is 24.3 Å². The molecule has 0 amide bonds. The molecule has 2 nitrogen and oxygen atoms in total. The predicted molar refractivity (Wildman–Crippen MR) is 84.8 cm³/mol. The van der Waals surface area contributed by atoms with E-state index in [-0.39, 0.29) is 0 Å². The third-order valence-electron chi connectivity index (χ3n) is 2.78. The zero-order chi connectivity index (χ0) is 12.3. The van der Waals surface area contributed by atoms with Crippen LogP contribution >= 0.6 is 29.4 Å². The minimum atomic E-state index is -1.86. The first-order chi connectivity index (χ1) is 8.14. The van der Waals surface area contributed by atoms with Crippen LogP contribution in [0.5, 0.6) is 5.75 Å². The summed E-state index contributed by atoms with van der Waals surface area (Å²) in [5.74, 6) is 3.19. The maximum absolute atomic E-state index is 5.76. The summed E-state index contributed by atoms with van der Waals surface area (Å²) < 4.78 is 7.53. The lowest BCUT2D eigenvalue weighted by Gasteiger charge is -2.34. The van der Waals surface area contributed by atoms with Gasteiger partial charge in [0.2, 0.25) is 0 Å². The second-order valence-corrected chi connectivity index (χ2v) is 11.3. The molecule has 0 bridgehead atoms. The highest BCUT2D eigenvalue weighted by molar-refractivity contribution is 8.65. The van der Waals surface area contributed by atoms with E-state index >= 15 is 0 Å². The normalized spacial score (nSPS) is 20.8. The Kier molecular flexibility index (Phi) is 4.84. The quantitative estimate of drug-likeness (QED) is 0.680. The molecule has 1 aliphatic rings. The minimum absolute atomic E-state index is 0.867. The maximum Gasteiger partial charge on any atom is 0.118 e. The molecule has 1 aromatic rings. The number of hydrogen-bond donors (Lipinski definition) is 1. The van der Waals surface area contributed by atoms with Gasteiger partial charge in [-0.25, -0.2) is 0 Å². The number of thiol groups is 1. The number of thioether (sulfide) groups is 1. The van der Waals surface area contributed by atoms with Gasteiger partial charge in [0.25, 0.3) is 0 Å². The van der Waals surface area contributed by atoms with E-state index in [1.165, 1.54) is 0 Å². The summed E-state index contributed by atoms with van der Waals surface area (Å²) in [6.45, 7) is 2.11. The SMILES string of the molecule is COc1ccc(P(=S)(S)N2CCSCC2)cc1. The van der Waals surface area contributed by atoms with Crippen LogP contribution < -0.4 is 10.0 Å². The molecule has 6 heteroatoms. The van der Waals surface area contributed by atoms with Crippen LogP contribution in [0.4, 0.5) is 0 Å². The third-order valence-corrected chi connectivity index (χ3v) is 8.64. The number of nitrogens with zero attached hydrogens (tertiary/aromatic N) is 1. The van der Waals surface area contributed by atoms with E-state index in [1.54, 1.807) is 7.11 Å². The van der Waals surface area contributed by atoms with Crippen LogP contribution in [0.25, 0.3) is 0 Å². The fourth-order valence-corrected chi connectivity index (χ4v) is 6.34. The van der Waals surface area contributed by atoms with Crippen LogP contribution in [0, 0.1) is 0 Å². The van der Waals surface area contributed by atoms with Crippen molar-refractivity contribution in [3.05, 3.63) is 24.3 Å². The molecule has 0 N–H and O–H groups in total. The zero-order valence-electron chi connectivity index (χ0n) is 9.70. The summed E-state index contributed by atoms with van der Waals surface area (Å²) in [6, 6.07) is 8.03. The molecule has 1 heterocycles. The average Bonchev–Trinajstić information content (AvgIpc) is 2.40. The molecule has 17 heavy (non-hydrogen) atoms. The smallest absolute Gasteiger partial charge is 0.118 e. The fourth-order valence-electron chi connectivity index (χ4n) is 1.76. The van der Waals surface area contributed by atoms with Crippen LogP contribution in [0.2, 0.25) is 0 Å². The van der Waals surface area contributed by atoms with Crippen molar-refractivity contribution in [2.75, 3.05) is 31.7 Å². The summed E-state index contributed by atoms with van der Waals surface area (Å²) in [7, 11) is 1.67. The Morgan fingerprint density at radius 1 is 1.29 bits per heavy atom. The Hall–Kier alpha value is 0.330. The van der Waals surface area contributed by atoms with Gasteiger partial charge in [-0.2, -0.15) is 11.8 Å². The maximum atomic E-state index is 5.76. The van der Waals surface area contributed by atoms with Crippen molar-refractivity contribution >= 4 is 46.5 Å². The molecule has 1 aliphatic heterocycles. The largest absolute Gasteiger partial charge is 0.497 e. The van der Waals surface area contributed by atoms with Crippen molar-refractivity contribution in [1.82, 2.24) is 4.67 Å². The monoisotopic (exact) mass is 305 g/mol. The van der Waals surface area contributed by atoms with Crippen molar-refractivity contribution in [2.45, 2.75) is 0 Å². The standard InChI is InChI=1S/C11H16NOPS3/c1-13-10-2-4-11(5-3-10)14(15,16)12-6-8-17-9-7-12/h2-5H,6-9H2,1H3,(H,15,16). The van der Waals surface area contributed by atoms with E-state index in [1.807, 2.05) is 36.0 Å². The molecule has 1 aromatic carbocycles. The second kappa shape index (κ2) is 5.98. The average molecular weight is 305 g/mol. The number of rotatable bonds is 3. The Morgan fingerprint density at radius 3 is 2.41 bits per heavy atom. The summed E-state index contributed by atoms with van der Waals surface area (Å²) in [5, 5.41) is -0.702. The van der Waals surface area contributed by atoms with Gasteiger partial charge in [0, 0.05) is 29.9 Å². The molecule has 0 saturated carbocycles. The molecule has 1 saturated heterocycles. The number of benzene rings is 1. The van der Waals surface area contributed by atoms with E-state index in [2.05, 4.69) is 4.67 Å². The Balaban J connectivity index is 2.20. The molecule has 0 spiro atoms. The van der Waals surface area contributed by atoms with Gasteiger partial charge in [0.1, 0.15) is 5.75 Å². The van der Waals surface area contributed by atoms with Gasteiger partial charge in [-0.05, 0) is 24.3 Å². The molecule has 94 valence electrons. The van der Waals surface area contributed by atoms with Crippen molar-refractivity contribution in [2.24, 2.45) is 0 Å². The van der Waals surface area contributed by atoms with Gasteiger partial charge in [-0.1, -0.05) is 11.8 Å². The molecule has 2 rings (SSSR count). The van der Waals surface area contributed by atoms with Crippen LogP contribution in [-0.2, 0) is 11.8 Å². The number of ether oxygens (including phenoxy) is 1. The predicted octanol–water partition coefficient (Wildman–Crippen LogP) is 2.61. The summed E-state index contributed by atoms with van der Waals surface area (Å²) in [5.41, 5.74) is 0. The molecular weight excluding hydrogens is 289 g/mol. The van der Waals surface area contributed by atoms with Crippen molar-refractivity contribution in [3.63, 3.8) is 0 Å². The molecule has 0 radical (unpaired) electrons. The highest BCUT2D eigenvalue weighted by atomic mass is 32.9. The molecule has 1 atom stereocenters. The van der Waals surface area contributed by atoms with Gasteiger partial charge >= 0.3 is 0 Å². The lowest BCUT2D eigenvalue weighted by atomic mass is 10.3. The molecule has 0 aromatic heterocycles. The van der Waals surface area contributed by atoms with Crippen molar-refractivity contribution in [3.8, 4) is 5.75 Å². The molecule has 0 aliphatic carbocycles. The van der Waals surface area contributed by atoms with Gasteiger partial charge < -0.3 is 4.74 Å². The zero-order valence-corrected chi connectivity index (χ0v) is 13.1. The third kappa shape index (κ3) is 3.21. The van der Waals surface area contributed by atoms with E-state index in [0.29, 0.717) is 0 Å². The Labute approximate surface area is 117 Å². The summed E-state index contributed by atoms with van der Waals surface area (Å²) in [6.07, 6.45) is 0. The van der Waals surface area contributed by atoms with E-state index in [0.717, 1.165) is 35.6 Å². The van der Waals surface area contributed by atoms with Gasteiger partial charge in [0.05, 0.1) is 12.5 Å². The lowest BCUT2D eigenvalue weighted by Crippen LogP contribution is -2.31. The molecular formula is C11H16NOPS3. The first kappa shape index (κ1) is 13.8. The first-order valence-corrected chi connectivity index (χ1v) is 10.5. The van der Waals surface area contributed by atoms with Crippen LogP contribution in [0.3, 0.4) is 0 Å². The van der Waals surface area contributed by atoms with Crippen LogP contribution in [0.1, 0.15) is 0 Å². The Bertz CT molecular complexity index is 417. The van der Waals surface area contributed by atoms with Gasteiger partial charge in [0.15, 0.2) is 0 Å². The van der Waals surface area contributed by atoms with Crippen LogP contribution in [-0.4, -0.2) is 36.4 Å². The molecule has 1 fully saturated rings.